The molecule has 0 fully saturated rings. The number of aryl methyl sites for hydroxylation is 2. The van der Waals surface area contributed by atoms with E-state index in [1.54, 1.807) is 12.5 Å². The normalized spacial score (nSPS) is 17.0. The Balaban J connectivity index is 1.44. The van der Waals surface area contributed by atoms with E-state index < -0.39 is 0 Å². The summed E-state index contributed by atoms with van der Waals surface area (Å²) >= 11 is 1.34. The average molecular weight is 328 g/mol. The number of furan rings is 1. The van der Waals surface area contributed by atoms with Crippen molar-refractivity contribution in [1.29, 1.82) is 0 Å². The quantitative estimate of drug-likeness (QED) is 0.802. The number of carbonyl (C=O) groups excluding carboxylic acids is 1. The minimum atomic E-state index is -0.0782. The topological polar surface area (TPSA) is 73.0 Å². The van der Waals surface area contributed by atoms with Crippen molar-refractivity contribution >= 4 is 17.2 Å². The van der Waals surface area contributed by atoms with E-state index in [1.807, 2.05) is 25.3 Å². The van der Waals surface area contributed by atoms with Crippen LogP contribution in [-0.2, 0) is 13.0 Å². The molecule has 1 aliphatic rings. The van der Waals surface area contributed by atoms with E-state index in [-0.39, 0.29) is 11.9 Å². The predicted octanol–water partition coefficient (Wildman–Crippen LogP) is 2.65. The van der Waals surface area contributed by atoms with Gasteiger partial charge >= 0.3 is 0 Å². The van der Waals surface area contributed by atoms with Crippen LogP contribution >= 0.6 is 11.3 Å². The summed E-state index contributed by atoms with van der Waals surface area (Å²) in [6.45, 7) is 2.76. The van der Waals surface area contributed by atoms with E-state index in [0.717, 1.165) is 35.9 Å². The molecule has 0 aromatic carbocycles. The molecule has 118 valence electrons. The van der Waals surface area contributed by atoms with Gasteiger partial charge in [-0.3, -0.25) is 4.79 Å². The lowest BCUT2D eigenvalue weighted by atomic mass is 10.1. The molecule has 0 saturated heterocycles. The first-order valence-corrected chi connectivity index (χ1v) is 8.34. The molecule has 4 heterocycles. The number of carbonyl (C=O) groups is 1. The monoisotopic (exact) mass is 328 g/mol. The molecule has 7 heteroatoms. The molecule has 0 bridgehead atoms. The molecule has 0 radical (unpaired) electrons. The summed E-state index contributed by atoms with van der Waals surface area (Å²) in [5.41, 5.74) is 1.03. The van der Waals surface area contributed by atoms with Crippen molar-refractivity contribution in [2.24, 2.45) is 0 Å². The molecule has 1 atom stereocenters. The van der Waals surface area contributed by atoms with Gasteiger partial charge in [-0.15, -0.1) is 11.3 Å². The van der Waals surface area contributed by atoms with Gasteiger partial charge in [-0.05, 0) is 25.5 Å². The number of hydrogen-bond donors (Lipinski definition) is 1. The van der Waals surface area contributed by atoms with Gasteiger partial charge in [-0.1, -0.05) is 0 Å². The summed E-state index contributed by atoms with van der Waals surface area (Å²) in [5.74, 6) is 1.71. The fraction of sp³-hybridized carbons (Fsp3) is 0.312. The smallest absolute Gasteiger partial charge is 0.263 e. The largest absolute Gasteiger partial charge is 0.462 e. The summed E-state index contributed by atoms with van der Waals surface area (Å²) in [5, 5.41) is 3.81. The maximum Gasteiger partial charge on any atom is 0.263 e. The van der Waals surface area contributed by atoms with Crippen LogP contribution in [0.5, 0.6) is 0 Å². The lowest BCUT2D eigenvalue weighted by molar-refractivity contribution is 0.0931. The number of hydrogen-bond acceptors (Lipinski definition) is 5. The second-order valence-electron chi connectivity index (χ2n) is 5.67. The van der Waals surface area contributed by atoms with Crippen LogP contribution in [0, 0.1) is 6.92 Å². The third-order valence-electron chi connectivity index (χ3n) is 3.91. The van der Waals surface area contributed by atoms with E-state index in [0.29, 0.717) is 10.6 Å². The molecule has 0 spiro atoms. The Labute approximate surface area is 137 Å². The number of nitrogens with zero attached hydrogens (tertiary/aromatic N) is 3. The standard InChI is InChI=1S/C16H16N4O2S/c1-10-8-20-9-11(4-5-14(20)18-10)19-15(21)13-7-17-16(23-13)12-3-2-6-22-12/h2-3,6-8,11H,4-5,9H2,1H3,(H,19,21). The fourth-order valence-electron chi connectivity index (χ4n) is 2.85. The number of imidazole rings is 1. The van der Waals surface area contributed by atoms with Crippen LogP contribution < -0.4 is 5.32 Å². The first kappa shape index (κ1) is 14.2. The predicted molar refractivity (Wildman–Crippen MR) is 86.4 cm³/mol. The first-order chi connectivity index (χ1) is 11.2. The Morgan fingerprint density at radius 3 is 3.26 bits per heavy atom. The molecule has 0 aliphatic carbocycles. The molecule has 3 aromatic heterocycles. The number of rotatable bonds is 3. The Bertz CT molecular complexity index is 834. The SMILES string of the molecule is Cc1cn2c(n1)CCC(NC(=O)c1cnc(-c3ccco3)s1)C2. The van der Waals surface area contributed by atoms with Crippen molar-refractivity contribution in [2.45, 2.75) is 32.4 Å². The van der Waals surface area contributed by atoms with Crippen LogP contribution in [0.4, 0.5) is 0 Å². The van der Waals surface area contributed by atoms with E-state index >= 15 is 0 Å². The van der Waals surface area contributed by atoms with Crippen molar-refractivity contribution in [3.63, 3.8) is 0 Å². The summed E-state index contributed by atoms with van der Waals surface area (Å²) in [7, 11) is 0. The van der Waals surface area contributed by atoms with Gasteiger partial charge in [0.25, 0.3) is 5.91 Å². The number of nitrogens with one attached hydrogen (secondary N) is 1. The van der Waals surface area contributed by atoms with Gasteiger partial charge in [-0.25, -0.2) is 9.97 Å². The Morgan fingerprint density at radius 2 is 2.43 bits per heavy atom. The number of thiazole rings is 1. The molecule has 0 saturated carbocycles. The zero-order valence-electron chi connectivity index (χ0n) is 12.7. The first-order valence-electron chi connectivity index (χ1n) is 7.52. The Morgan fingerprint density at radius 1 is 1.52 bits per heavy atom. The van der Waals surface area contributed by atoms with Gasteiger partial charge in [0.2, 0.25) is 0 Å². The second-order valence-corrected chi connectivity index (χ2v) is 6.70. The van der Waals surface area contributed by atoms with Crippen LogP contribution in [0.25, 0.3) is 10.8 Å². The highest BCUT2D eigenvalue weighted by Crippen LogP contribution is 2.25. The van der Waals surface area contributed by atoms with Gasteiger partial charge in [0.05, 0.1) is 18.2 Å². The maximum atomic E-state index is 12.4. The van der Waals surface area contributed by atoms with Crippen molar-refractivity contribution < 1.29 is 9.21 Å². The Hall–Kier alpha value is -2.41. The minimum Gasteiger partial charge on any atom is -0.462 e. The van der Waals surface area contributed by atoms with Crippen molar-refractivity contribution in [2.75, 3.05) is 0 Å². The molecule has 1 N–H and O–H groups in total. The highest BCUT2D eigenvalue weighted by atomic mass is 32.1. The van der Waals surface area contributed by atoms with Crippen LogP contribution in [0.15, 0.2) is 35.2 Å². The zero-order valence-corrected chi connectivity index (χ0v) is 13.5. The second kappa shape index (κ2) is 5.66. The zero-order chi connectivity index (χ0) is 15.8. The van der Waals surface area contributed by atoms with Crippen LogP contribution in [0.3, 0.4) is 0 Å². The molecule has 6 nitrogen and oxygen atoms in total. The van der Waals surface area contributed by atoms with Crippen molar-refractivity contribution in [1.82, 2.24) is 19.9 Å². The summed E-state index contributed by atoms with van der Waals surface area (Å²) < 4.78 is 7.44. The van der Waals surface area contributed by atoms with Crippen LogP contribution in [0.2, 0.25) is 0 Å². The number of fused-ring (bicyclic) bond motifs is 1. The van der Waals surface area contributed by atoms with Gasteiger partial charge in [0.15, 0.2) is 10.8 Å². The van der Waals surface area contributed by atoms with Gasteiger partial charge in [-0.2, -0.15) is 0 Å². The maximum absolute atomic E-state index is 12.4. The highest BCUT2D eigenvalue weighted by molar-refractivity contribution is 7.16. The third-order valence-corrected chi connectivity index (χ3v) is 4.92. The molecule has 1 unspecified atom stereocenters. The molecule has 4 rings (SSSR count). The molecule has 1 amide bonds. The third kappa shape index (κ3) is 2.79. The molecule has 3 aromatic rings. The summed E-state index contributed by atoms with van der Waals surface area (Å²) in [6, 6.07) is 3.77. The minimum absolute atomic E-state index is 0.0782. The van der Waals surface area contributed by atoms with Crippen LogP contribution in [-0.4, -0.2) is 26.5 Å². The van der Waals surface area contributed by atoms with Gasteiger partial charge < -0.3 is 14.3 Å². The lowest BCUT2D eigenvalue weighted by Gasteiger charge is -2.24. The molecule has 1 aliphatic heterocycles. The highest BCUT2D eigenvalue weighted by Gasteiger charge is 2.22. The summed E-state index contributed by atoms with van der Waals surface area (Å²) in [6.07, 6.45) is 7.04. The molecule has 23 heavy (non-hydrogen) atoms. The van der Waals surface area contributed by atoms with E-state index in [4.69, 9.17) is 4.42 Å². The fourth-order valence-corrected chi connectivity index (χ4v) is 3.64. The lowest BCUT2D eigenvalue weighted by Crippen LogP contribution is -2.40. The van der Waals surface area contributed by atoms with Crippen LogP contribution in [0.1, 0.15) is 27.6 Å². The van der Waals surface area contributed by atoms with Crippen molar-refractivity contribution in [3.05, 3.63) is 47.2 Å². The number of amides is 1. The number of aromatic nitrogens is 3. The van der Waals surface area contributed by atoms with Gasteiger partial charge in [0.1, 0.15) is 10.7 Å². The van der Waals surface area contributed by atoms with E-state index in [1.165, 1.54) is 11.3 Å². The molecular weight excluding hydrogens is 312 g/mol. The van der Waals surface area contributed by atoms with E-state index in [9.17, 15) is 4.79 Å². The Kier molecular flexibility index (Phi) is 3.49. The summed E-state index contributed by atoms with van der Waals surface area (Å²) in [4.78, 5) is 21.8. The van der Waals surface area contributed by atoms with Gasteiger partial charge in [0, 0.05) is 25.2 Å². The molecular formula is C16H16N4O2S. The van der Waals surface area contributed by atoms with E-state index in [2.05, 4.69) is 19.9 Å². The van der Waals surface area contributed by atoms with Crippen molar-refractivity contribution in [3.8, 4) is 10.8 Å². The average Bonchev–Trinajstić information content (AvgIpc) is 3.26.